The van der Waals surface area contributed by atoms with E-state index in [-0.39, 0.29) is 0 Å². The third-order valence-electron chi connectivity index (χ3n) is 0.958. The molecule has 0 aromatic carbocycles. The molecule has 0 unspecified atom stereocenters. The summed E-state index contributed by atoms with van der Waals surface area (Å²) in [5.41, 5.74) is 0.789. The van der Waals surface area contributed by atoms with E-state index >= 15 is 0 Å². The molecule has 0 aliphatic rings. The normalized spacial score (nSPS) is 14.5. The number of hydrogen-bond acceptors (Lipinski definition) is 2. The zero-order chi connectivity index (χ0) is 8.20. The lowest BCUT2D eigenvalue weighted by molar-refractivity contribution is 0.494. The van der Waals surface area contributed by atoms with Gasteiger partial charge in [0.1, 0.15) is 0 Å². The molecule has 0 bridgehead atoms. The first-order valence-electron chi connectivity index (χ1n) is 2.74. The minimum Gasteiger partial charge on any atom is -0.282 e. The molecule has 1 N–H and O–H groups in total. The topological polar surface area (TPSA) is 54.4 Å². The van der Waals surface area contributed by atoms with E-state index in [1.807, 2.05) is 0 Å². The van der Waals surface area contributed by atoms with Crippen LogP contribution in [-0.4, -0.2) is 13.0 Å². The first-order chi connectivity index (χ1) is 4.45. The van der Waals surface area contributed by atoms with Crippen LogP contribution in [0.1, 0.15) is 13.8 Å². The van der Waals surface area contributed by atoms with Gasteiger partial charge in [0, 0.05) is 0 Å². The molecule has 0 aliphatic heterocycles. The zero-order valence-electron chi connectivity index (χ0n) is 5.90. The molecule has 0 amide bonds. The van der Waals surface area contributed by atoms with Crippen molar-refractivity contribution in [2.75, 3.05) is 0 Å². The second kappa shape index (κ2) is 3.53. The summed E-state index contributed by atoms with van der Waals surface area (Å²) in [4.78, 5) is 0. The van der Waals surface area contributed by atoms with E-state index in [0.29, 0.717) is 0 Å². The molecular formula is C6H10O3S. The van der Waals surface area contributed by atoms with E-state index in [1.54, 1.807) is 19.9 Å². The minimum absolute atomic E-state index is 0.752. The molecule has 58 valence electrons. The van der Waals surface area contributed by atoms with Gasteiger partial charge in [0.25, 0.3) is 10.1 Å². The summed E-state index contributed by atoms with van der Waals surface area (Å²) >= 11 is 0. The Morgan fingerprint density at radius 2 is 2.00 bits per heavy atom. The zero-order valence-corrected chi connectivity index (χ0v) is 6.72. The monoisotopic (exact) mass is 162 g/mol. The highest BCUT2D eigenvalue weighted by Gasteiger charge is 1.93. The molecule has 0 heterocycles. The fourth-order valence-electron chi connectivity index (χ4n) is 0.290. The highest BCUT2D eigenvalue weighted by Crippen LogP contribution is 1.95. The summed E-state index contributed by atoms with van der Waals surface area (Å²) in [5, 5.41) is 0.752. The Morgan fingerprint density at radius 1 is 1.50 bits per heavy atom. The molecule has 0 rings (SSSR count). The lowest BCUT2D eigenvalue weighted by Crippen LogP contribution is -1.88. The van der Waals surface area contributed by atoms with Crippen molar-refractivity contribution in [2.45, 2.75) is 13.8 Å². The fourth-order valence-corrected chi connectivity index (χ4v) is 0.676. The lowest BCUT2D eigenvalue weighted by atomic mass is 10.3. The van der Waals surface area contributed by atoms with E-state index in [2.05, 4.69) is 0 Å². The van der Waals surface area contributed by atoms with Crippen LogP contribution >= 0.6 is 0 Å². The number of allylic oxidation sites excluding steroid dienone is 3. The summed E-state index contributed by atoms with van der Waals surface area (Å²) < 4.78 is 28.4. The minimum atomic E-state index is -3.95. The SMILES string of the molecule is C/C=C(C)/C=C/S(=O)(=O)O. The van der Waals surface area contributed by atoms with Crippen molar-refractivity contribution in [2.24, 2.45) is 0 Å². The maximum Gasteiger partial charge on any atom is 0.287 e. The van der Waals surface area contributed by atoms with Crippen LogP contribution in [0, 0.1) is 0 Å². The largest absolute Gasteiger partial charge is 0.287 e. The second-order valence-corrected chi connectivity index (χ2v) is 3.15. The molecule has 4 heteroatoms. The molecule has 0 aromatic heterocycles. The Balaban J connectivity index is 4.30. The van der Waals surface area contributed by atoms with Gasteiger partial charge in [-0.05, 0) is 19.9 Å². The highest BCUT2D eigenvalue weighted by molar-refractivity contribution is 7.88. The highest BCUT2D eigenvalue weighted by atomic mass is 32.2. The Morgan fingerprint density at radius 3 is 2.30 bits per heavy atom. The lowest BCUT2D eigenvalue weighted by Gasteiger charge is -1.85. The smallest absolute Gasteiger partial charge is 0.282 e. The van der Waals surface area contributed by atoms with E-state index in [1.165, 1.54) is 6.08 Å². The first-order valence-corrected chi connectivity index (χ1v) is 4.24. The molecule has 0 fully saturated rings. The number of rotatable bonds is 2. The fraction of sp³-hybridized carbons (Fsp3) is 0.333. The Bertz CT molecular complexity index is 246. The summed E-state index contributed by atoms with van der Waals surface area (Å²) in [6.45, 7) is 3.52. The maximum absolute atomic E-state index is 10.1. The standard InChI is InChI=1S/C6H10O3S/c1-3-6(2)4-5-10(7,8)9/h3-5H,1-2H3,(H,7,8,9)/b5-4+,6-3+. The summed E-state index contributed by atoms with van der Waals surface area (Å²) in [6, 6.07) is 0. The van der Waals surface area contributed by atoms with E-state index in [9.17, 15) is 8.42 Å². The van der Waals surface area contributed by atoms with Crippen LogP contribution in [0.3, 0.4) is 0 Å². The van der Waals surface area contributed by atoms with Crippen LogP contribution in [0.25, 0.3) is 0 Å². The predicted octanol–water partition coefficient (Wildman–Crippen LogP) is 1.35. The van der Waals surface area contributed by atoms with Crippen molar-refractivity contribution < 1.29 is 13.0 Å². The number of hydrogen-bond donors (Lipinski definition) is 1. The quantitative estimate of drug-likeness (QED) is 0.492. The van der Waals surface area contributed by atoms with E-state index in [0.717, 1.165) is 11.0 Å². The third-order valence-corrected chi connectivity index (χ3v) is 1.44. The van der Waals surface area contributed by atoms with Gasteiger partial charge in [-0.1, -0.05) is 11.6 Å². The maximum atomic E-state index is 10.1. The molecule has 3 nitrogen and oxygen atoms in total. The third kappa shape index (κ3) is 5.53. The van der Waals surface area contributed by atoms with Crippen molar-refractivity contribution in [3.8, 4) is 0 Å². The average Bonchev–Trinajstić information content (AvgIpc) is 1.81. The van der Waals surface area contributed by atoms with Crippen molar-refractivity contribution in [3.05, 3.63) is 23.1 Å². The van der Waals surface area contributed by atoms with Gasteiger partial charge in [0.05, 0.1) is 5.41 Å². The molecule has 0 saturated heterocycles. The molecule has 0 saturated carbocycles. The van der Waals surface area contributed by atoms with Crippen LogP contribution in [0.15, 0.2) is 23.1 Å². The van der Waals surface area contributed by atoms with Crippen LogP contribution < -0.4 is 0 Å². The van der Waals surface area contributed by atoms with Crippen LogP contribution in [0.4, 0.5) is 0 Å². The molecule has 0 atom stereocenters. The Labute approximate surface area is 60.8 Å². The van der Waals surface area contributed by atoms with Crippen molar-refractivity contribution in [1.29, 1.82) is 0 Å². The van der Waals surface area contributed by atoms with Crippen LogP contribution in [0.2, 0.25) is 0 Å². The summed E-state index contributed by atoms with van der Waals surface area (Å²) in [5.74, 6) is 0. The van der Waals surface area contributed by atoms with Crippen molar-refractivity contribution >= 4 is 10.1 Å². The summed E-state index contributed by atoms with van der Waals surface area (Å²) in [6.07, 6.45) is 3.07. The van der Waals surface area contributed by atoms with Gasteiger partial charge in [0.15, 0.2) is 0 Å². The molecular weight excluding hydrogens is 152 g/mol. The molecule has 0 aliphatic carbocycles. The van der Waals surface area contributed by atoms with Gasteiger partial charge in [0.2, 0.25) is 0 Å². The van der Waals surface area contributed by atoms with Gasteiger partial charge < -0.3 is 0 Å². The van der Waals surface area contributed by atoms with Crippen molar-refractivity contribution in [1.82, 2.24) is 0 Å². The van der Waals surface area contributed by atoms with Crippen LogP contribution in [-0.2, 0) is 10.1 Å². The molecule has 0 radical (unpaired) electrons. The van der Waals surface area contributed by atoms with Gasteiger partial charge in [-0.2, -0.15) is 8.42 Å². The Hall–Kier alpha value is -0.610. The van der Waals surface area contributed by atoms with Gasteiger partial charge in [-0.25, -0.2) is 0 Å². The van der Waals surface area contributed by atoms with Crippen LogP contribution in [0.5, 0.6) is 0 Å². The van der Waals surface area contributed by atoms with Gasteiger partial charge >= 0.3 is 0 Å². The molecule has 0 aromatic rings. The van der Waals surface area contributed by atoms with Gasteiger partial charge in [-0.15, -0.1) is 0 Å². The first kappa shape index (κ1) is 9.39. The van der Waals surface area contributed by atoms with E-state index < -0.39 is 10.1 Å². The predicted molar refractivity (Wildman–Crippen MR) is 40.1 cm³/mol. The van der Waals surface area contributed by atoms with Crippen molar-refractivity contribution in [3.63, 3.8) is 0 Å². The van der Waals surface area contributed by atoms with Gasteiger partial charge in [-0.3, -0.25) is 4.55 Å². The van der Waals surface area contributed by atoms with E-state index in [4.69, 9.17) is 4.55 Å². The molecule has 0 spiro atoms. The average molecular weight is 162 g/mol. The second-order valence-electron chi connectivity index (χ2n) is 1.85. The summed E-state index contributed by atoms with van der Waals surface area (Å²) in [7, 11) is -3.95. The Kier molecular flexibility index (Phi) is 3.32. The molecule has 10 heavy (non-hydrogen) atoms.